The van der Waals surface area contributed by atoms with Crippen LogP contribution >= 0.6 is 11.8 Å². The van der Waals surface area contributed by atoms with Crippen LogP contribution in [0.1, 0.15) is 68.0 Å². The highest BCUT2D eigenvalue weighted by Gasteiger charge is 2.31. The molecule has 2 atom stereocenters. The van der Waals surface area contributed by atoms with Crippen molar-refractivity contribution < 1.29 is 24.2 Å². The van der Waals surface area contributed by atoms with Gasteiger partial charge < -0.3 is 31.1 Å². The van der Waals surface area contributed by atoms with E-state index < -0.39 is 41.4 Å². The number of aliphatic hydroxyl groups excluding tert-OH is 1. The number of nitriles is 2. The third-order valence-electron chi connectivity index (χ3n) is 6.75. The Labute approximate surface area is 255 Å². The lowest BCUT2D eigenvalue weighted by atomic mass is 9.99. The molecule has 0 aliphatic carbocycles. The van der Waals surface area contributed by atoms with Gasteiger partial charge in [-0.05, 0) is 51.2 Å². The van der Waals surface area contributed by atoms with Crippen molar-refractivity contribution in [2.45, 2.75) is 74.9 Å². The molecular weight excluding hydrogens is 570 g/mol. The minimum atomic E-state index is -1.17. The molecule has 1 aromatic carbocycles. The summed E-state index contributed by atoms with van der Waals surface area (Å²) in [4.78, 5) is 44.0. The van der Waals surface area contributed by atoms with Gasteiger partial charge in [-0.2, -0.15) is 10.5 Å². The van der Waals surface area contributed by atoms with Crippen LogP contribution in [0.4, 0.5) is 10.6 Å². The minimum Gasteiger partial charge on any atom is -0.444 e. The third-order valence-corrected chi connectivity index (χ3v) is 8.01. The van der Waals surface area contributed by atoms with Crippen molar-refractivity contribution in [1.82, 2.24) is 15.6 Å². The predicted octanol–water partition coefficient (Wildman–Crippen LogP) is 2.68. The zero-order chi connectivity index (χ0) is 31.7. The molecule has 1 unspecified atom stereocenters. The van der Waals surface area contributed by atoms with Gasteiger partial charge in [-0.3, -0.25) is 9.59 Å². The van der Waals surface area contributed by atoms with Crippen molar-refractivity contribution in [2.24, 2.45) is 5.73 Å². The maximum Gasteiger partial charge on any atom is 0.408 e. The van der Waals surface area contributed by atoms with E-state index in [0.29, 0.717) is 59.9 Å². The highest BCUT2D eigenvalue weighted by atomic mass is 32.2. The van der Waals surface area contributed by atoms with Crippen molar-refractivity contribution in [3.8, 4) is 12.1 Å². The molecule has 1 aliphatic heterocycles. The molecule has 228 valence electrons. The van der Waals surface area contributed by atoms with Crippen LogP contribution in [-0.4, -0.2) is 65.4 Å². The second-order valence-electron chi connectivity index (χ2n) is 11.0. The maximum atomic E-state index is 12.8. The average Bonchev–Trinajstić information content (AvgIpc) is 2.97. The van der Waals surface area contributed by atoms with E-state index in [-0.39, 0.29) is 11.6 Å². The van der Waals surface area contributed by atoms with Gasteiger partial charge in [0.2, 0.25) is 11.8 Å². The summed E-state index contributed by atoms with van der Waals surface area (Å²) in [6.45, 7) is 7.21. The van der Waals surface area contributed by atoms with Gasteiger partial charge in [0.05, 0.1) is 17.7 Å². The molecule has 12 nitrogen and oxygen atoms in total. The number of nitrogens with one attached hydrogen (secondary N) is 2. The van der Waals surface area contributed by atoms with Gasteiger partial charge in [0.1, 0.15) is 39.9 Å². The number of carbonyl (C=O) groups excluding carboxylic acids is 3. The highest BCUT2D eigenvalue weighted by molar-refractivity contribution is 8.00. The number of carbonyl (C=O) groups is 3. The summed E-state index contributed by atoms with van der Waals surface area (Å²) in [5.74, 6) is -0.710. The van der Waals surface area contributed by atoms with Crippen molar-refractivity contribution in [1.29, 1.82) is 10.5 Å². The van der Waals surface area contributed by atoms with Crippen LogP contribution in [0.2, 0.25) is 0 Å². The number of amides is 3. The number of piperidine rings is 1. The van der Waals surface area contributed by atoms with E-state index in [1.165, 1.54) is 0 Å². The fraction of sp³-hybridized carbons (Fsp3) is 0.467. The Balaban J connectivity index is 1.80. The molecule has 1 fully saturated rings. The first-order chi connectivity index (χ1) is 20.4. The van der Waals surface area contributed by atoms with Gasteiger partial charge in [0.15, 0.2) is 0 Å². The molecule has 43 heavy (non-hydrogen) atoms. The molecule has 1 saturated heterocycles. The lowest BCUT2D eigenvalue weighted by Gasteiger charge is -2.35. The van der Waals surface area contributed by atoms with Gasteiger partial charge >= 0.3 is 6.09 Å². The Morgan fingerprint density at radius 3 is 2.30 bits per heavy atom. The van der Waals surface area contributed by atoms with Gasteiger partial charge in [0.25, 0.3) is 0 Å². The topological polar surface area (TPSA) is 194 Å². The molecule has 13 heteroatoms. The van der Waals surface area contributed by atoms with Gasteiger partial charge in [-0.15, -0.1) is 0 Å². The fourth-order valence-electron chi connectivity index (χ4n) is 4.71. The Kier molecular flexibility index (Phi) is 11.4. The standard InChI is InChI=1S/C30H37N7O5S/c1-5-20-21(15-31)26(36-28(22(20)16-32)43-24(25(33)39)18-9-7-6-8-10-18)37-13-11-19(12-14-37)34-27(40)23(17-38)35-29(41)42-30(2,3)4/h6-10,19,23-24,38H,5,11-14,17H2,1-4H3,(H2,33,39)(H,34,40)(H,35,41)/t23-,24?/m1/s1. The summed E-state index contributed by atoms with van der Waals surface area (Å²) in [5, 5.41) is 34.6. The lowest BCUT2D eigenvalue weighted by Crippen LogP contribution is -2.54. The number of rotatable bonds is 10. The smallest absolute Gasteiger partial charge is 0.408 e. The zero-order valence-electron chi connectivity index (χ0n) is 24.7. The Morgan fingerprint density at radius 1 is 1.16 bits per heavy atom. The van der Waals surface area contributed by atoms with Crippen LogP contribution < -0.4 is 21.3 Å². The molecule has 1 aromatic heterocycles. The van der Waals surface area contributed by atoms with E-state index in [0.717, 1.165) is 11.8 Å². The number of benzene rings is 1. The van der Waals surface area contributed by atoms with Crippen LogP contribution in [0.3, 0.4) is 0 Å². The molecule has 0 saturated carbocycles. The number of thioether (sulfide) groups is 1. The quantitative estimate of drug-likeness (QED) is 0.292. The molecule has 0 radical (unpaired) electrons. The normalized spacial score (nSPS) is 15.0. The minimum absolute atomic E-state index is 0.240. The largest absolute Gasteiger partial charge is 0.444 e. The van der Waals surface area contributed by atoms with E-state index in [2.05, 4.69) is 22.8 Å². The maximum absolute atomic E-state index is 12.8. The van der Waals surface area contributed by atoms with Crippen LogP contribution in [0.15, 0.2) is 35.4 Å². The van der Waals surface area contributed by atoms with Crippen molar-refractivity contribution in [3.05, 3.63) is 52.6 Å². The van der Waals surface area contributed by atoms with E-state index in [1.54, 1.807) is 45.0 Å². The molecule has 0 spiro atoms. The second-order valence-corrected chi connectivity index (χ2v) is 12.1. The molecule has 2 heterocycles. The van der Waals surface area contributed by atoms with Crippen LogP contribution in [0.25, 0.3) is 0 Å². The van der Waals surface area contributed by atoms with Crippen LogP contribution in [0, 0.1) is 22.7 Å². The number of hydrogen-bond acceptors (Lipinski definition) is 10. The van der Waals surface area contributed by atoms with Gasteiger partial charge in [0, 0.05) is 19.1 Å². The monoisotopic (exact) mass is 607 g/mol. The van der Waals surface area contributed by atoms with E-state index >= 15 is 0 Å². The number of anilines is 1. The molecule has 1 aliphatic rings. The molecule has 3 rings (SSSR count). The summed E-state index contributed by atoms with van der Waals surface area (Å²) in [5.41, 5.74) is 6.74. The summed E-state index contributed by atoms with van der Waals surface area (Å²) >= 11 is 1.08. The van der Waals surface area contributed by atoms with Crippen LogP contribution in [0.5, 0.6) is 0 Å². The number of primary amides is 1. The summed E-state index contributed by atoms with van der Waals surface area (Å²) in [6.07, 6.45) is 0.599. The van der Waals surface area contributed by atoms with Crippen molar-refractivity contribution in [2.75, 3.05) is 24.6 Å². The van der Waals surface area contributed by atoms with Crippen molar-refractivity contribution in [3.63, 3.8) is 0 Å². The average molecular weight is 608 g/mol. The zero-order valence-corrected chi connectivity index (χ0v) is 25.5. The number of hydrogen-bond donors (Lipinski definition) is 4. The van der Waals surface area contributed by atoms with E-state index in [9.17, 15) is 30.0 Å². The summed E-state index contributed by atoms with van der Waals surface area (Å²) in [6, 6.07) is 11.9. The fourth-order valence-corrected chi connectivity index (χ4v) is 5.77. The highest BCUT2D eigenvalue weighted by Crippen LogP contribution is 2.39. The van der Waals surface area contributed by atoms with Gasteiger partial charge in [-0.25, -0.2) is 9.78 Å². The summed E-state index contributed by atoms with van der Waals surface area (Å²) < 4.78 is 5.17. The first-order valence-corrected chi connectivity index (χ1v) is 14.8. The number of alkyl carbamates (subject to hydrolysis) is 1. The summed E-state index contributed by atoms with van der Waals surface area (Å²) in [7, 11) is 0. The number of nitrogens with zero attached hydrogens (tertiary/aromatic N) is 4. The number of ether oxygens (including phenoxy) is 1. The number of aromatic nitrogens is 1. The Morgan fingerprint density at radius 2 is 1.79 bits per heavy atom. The molecule has 0 bridgehead atoms. The number of nitrogens with two attached hydrogens (primary N) is 1. The van der Waals surface area contributed by atoms with E-state index in [1.807, 2.05) is 17.9 Å². The molecular formula is C30H37N7O5S. The van der Waals surface area contributed by atoms with Crippen molar-refractivity contribution >= 4 is 35.5 Å². The third kappa shape index (κ3) is 8.60. The molecule has 3 amide bonds. The van der Waals surface area contributed by atoms with Gasteiger partial charge in [-0.1, -0.05) is 49.0 Å². The van der Waals surface area contributed by atoms with E-state index in [4.69, 9.17) is 15.5 Å². The Hall–Kier alpha value is -4.33. The number of pyridine rings is 1. The first kappa shape index (κ1) is 33.2. The first-order valence-electron chi connectivity index (χ1n) is 14.0. The Bertz CT molecular complexity index is 1410. The second kappa shape index (κ2) is 14.7. The molecule has 5 N–H and O–H groups in total. The molecule has 2 aromatic rings. The predicted molar refractivity (Wildman–Crippen MR) is 161 cm³/mol. The number of aliphatic hydroxyl groups is 1. The SMILES string of the molecule is CCc1c(C#N)c(SC(C(N)=O)c2ccccc2)nc(N2CCC(NC(=O)[C@@H](CO)NC(=O)OC(C)(C)C)CC2)c1C#N. The lowest BCUT2D eigenvalue weighted by molar-refractivity contribution is -0.125. The van der Waals surface area contributed by atoms with Crippen LogP contribution in [-0.2, 0) is 20.7 Å².